The molecule has 0 spiro atoms. The van der Waals surface area contributed by atoms with E-state index in [-0.39, 0.29) is 6.61 Å². The first kappa shape index (κ1) is 15.5. The number of carboxylic acid groups (broad SMARTS) is 1. The van der Waals surface area contributed by atoms with Crippen LogP contribution >= 0.6 is 0 Å². The first-order valence-corrected chi connectivity index (χ1v) is 7.50. The Balaban J connectivity index is 2.22. The molecule has 1 aromatic heterocycles. The van der Waals surface area contributed by atoms with E-state index in [2.05, 4.69) is 16.5 Å². The summed E-state index contributed by atoms with van der Waals surface area (Å²) in [4.78, 5) is 15.7. The average molecular weight is 290 g/mol. The highest BCUT2D eigenvalue weighted by Crippen LogP contribution is 2.20. The van der Waals surface area contributed by atoms with Gasteiger partial charge in [-0.25, -0.2) is 9.78 Å². The molecule has 1 heterocycles. The minimum absolute atomic E-state index is 0.246. The van der Waals surface area contributed by atoms with Crippen molar-refractivity contribution in [2.45, 2.75) is 45.6 Å². The number of imidazole rings is 1. The van der Waals surface area contributed by atoms with Crippen LogP contribution in [0.1, 0.15) is 48.8 Å². The number of fused-ring (bicyclic) bond motifs is 1. The number of hydrogen-bond acceptors (Lipinski definition) is 3. The molecule has 0 aliphatic carbocycles. The van der Waals surface area contributed by atoms with Gasteiger partial charge in [0.1, 0.15) is 5.82 Å². The lowest BCUT2D eigenvalue weighted by atomic mass is 10.2. The lowest BCUT2D eigenvalue weighted by Crippen LogP contribution is -2.04. The smallest absolute Gasteiger partial charge is 0.335 e. The summed E-state index contributed by atoms with van der Waals surface area (Å²) < 4.78 is 2.13. The Morgan fingerprint density at radius 3 is 2.67 bits per heavy atom. The van der Waals surface area contributed by atoms with Crippen molar-refractivity contribution in [2.75, 3.05) is 6.61 Å². The largest absolute Gasteiger partial charge is 0.478 e. The van der Waals surface area contributed by atoms with Crippen LogP contribution in [0.25, 0.3) is 11.0 Å². The fourth-order valence-corrected chi connectivity index (χ4v) is 2.56. The van der Waals surface area contributed by atoms with Gasteiger partial charge in [0.25, 0.3) is 0 Å². The standard InChI is InChI=1S/C16H22N2O3/c1-2-15-17-13-8-7-12(16(20)21)11-14(13)18(15)9-5-3-4-6-10-19/h7-8,11,19H,2-6,9-10H2,1H3,(H,20,21). The van der Waals surface area contributed by atoms with Crippen molar-refractivity contribution in [1.29, 1.82) is 0 Å². The Kier molecular flexibility index (Phi) is 5.33. The molecular weight excluding hydrogens is 268 g/mol. The first-order valence-electron chi connectivity index (χ1n) is 7.50. The minimum Gasteiger partial charge on any atom is -0.478 e. The molecule has 5 heteroatoms. The van der Waals surface area contributed by atoms with E-state index in [0.29, 0.717) is 5.56 Å². The minimum atomic E-state index is -0.911. The van der Waals surface area contributed by atoms with E-state index in [1.165, 1.54) is 0 Å². The van der Waals surface area contributed by atoms with Crippen molar-refractivity contribution in [3.8, 4) is 0 Å². The molecule has 114 valence electrons. The molecule has 0 bridgehead atoms. The fraction of sp³-hybridized carbons (Fsp3) is 0.500. The highest BCUT2D eigenvalue weighted by Gasteiger charge is 2.12. The van der Waals surface area contributed by atoms with Crippen molar-refractivity contribution in [1.82, 2.24) is 9.55 Å². The van der Waals surface area contributed by atoms with Crippen LogP contribution in [-0.4, -0.2) is 32.3 Å². The average Bonchev–Trinajstić information content (AvgIpc) is 2.84. The molecular formula is C16H22N2O3. The first-order chi connectivity index (χ1) is 10.2. The van der Waals surface area contributed by atoms with Crippen LogP contribution in [0, 0.1) is 0 Å². The van der Waals surface area contributed by atoms with E-state index in [4.69, 9.17) is 10.2 Å². The number of aryl methyl sites for hydroxylation is 2. The Morgan fingerprint density at radius 1 is 1.24 bits per heavy atom. The zero-order valence-corrected chi connectivity index (χ0v) is 12.4. The molecule has 0 unspecified atom stereocenters. The molecule has 5 nitrogen and oxygen atoms in total. The summed E-state index contributed by atoms with van der Waals surface area (Å²) in [5, 5.41) is 17.9. The van der Waals surface area contributed by atoms with E-state index in [1.807, 2.05) is 0 Å². The molecule has 0 amide bonds. The number of aromatic carboxylic acids is 1. The third-order valence-corrected chi connectivity index (χ3v) is 3.68. The maximum absolute atomic E-state index is 11.1. The maximum atomic E-state index is 11.1. The summed E-state index contributed by atoms with van der Waals surface area (Å²) in [7, 11) is 0. The topological polar surface area (TPSA) is 75.3 Å². The number of aliphatic hydroxyl groups is 1. The molecule has 0 aliphatic heterocycles. The summed E-state index contributed by atoms with van der Waals surface area (Å²) in [6, 6.07) is 5.08. The molecule has 0 aliphatic rings. The summed E-state index contributed by atoms with van der Waals surface area (Å²) in [6.45, 7) is 3.14. The number of carboxylic acids is 1. The lowest BCUT2D eigenvalue weighted by Gasteiger charge is -2.08. The van der Waals surface area contributed by atoms with Gasteiger partial charge >= 0.3 is 5.97 Å². The quantitative estimate of drug-likeness (QED) is 0.733. The summed E-state index contributed by atoms with van der Waals surface area (Å²) >= 11 is 0. The zero-order valence-electron chi connectivity index (χ0n) is 12.4. The van der Waals surface area contributed by atoms with E-state index in [0.717, 1.165) is 55.5 Å². The van der Waals surface area contributed by atoms with E-state index < -0.39 is 5.97 Å². The SMILES string of the molecule is CCc1nc2ccc(C(=O)O)cc2n1CCCCCCO. The van der Waals surface area contributed by atoms with Gasteiger partial charge in [-0.05, 0) is 31.0 Å². The zero-order chi connectivity index (χ0) is 15.2. The van der Waals surface area contributed by atoms with Crippen LogP contribution in [0.4, 0.5) is 0 Å². The molecule has 0 saturated heterocycles. The van der Waals surface area contributed by atoms with Crippen molar-refractivity contribution >= 4 is 17.0 Å². The second-order valence-corrected chi connectivity index (χ2v) is 5.18. The van der Waals surface area contributed by atoms with Gasteiger partial charge in [-0.1, -0.05) is 19.8 Å². The normalized spacial score (nSPS) is 11.1. The molecule has 2 N–H and O–H groups in total. The van der Waals surface area contributed by atoms with Crippen molar-refractivity contribution in [2.24, 2.45) is 0 Å². The van der Waals surface area contributed by atoms with Gasteiger partial charge in [0.15, 0.2) is 0 Å². The van der Waals surface area contributed by atoms with Gasteiger partial charge in [-0.3, -0.25) is 0 Å². The third-order valence-electron chi connectivity index (χ3n) is 3.68. The summed E-state index contributed by atoms with van der Waals surface area (Å²) in [5.74, 6) is 0.0836. The predicted molar refractivity (Wildman–Crippen MR) is 81.6 cm³/mol. The van der Waals surface area contributed by atoms with Gasteiger partial charge in [0, 0.05) is 19.6 Å². The van der Waals surface area contributed by atoms with E-state index in [1.54, 1.807) is 18.2 Å². The van der Waals surface area contributed by atoms with Gasteiger partial charge < -0.3 is 14.8 Å². The number of nitrogens with zero attached hydrogens (tertiary/aromatic N) is 2. The van der Waals surface area contributed by atoms with Crippen LogP contribution in [0.15, 0.2) is 18.2 Å². The van der Waals surface area contributed by atoms with Gasteiger partial charge in [-0.15, -0.1) is 0 Å². The predicted octanol–water partition coefficient (Wildman–Crippen LogP) is 2.85. The number of benzene rings is 1. The number of aliphatic hydroxyl groups excluding tert-OH is 1. The van der Waals surface area contributed by atoms with E-state index in [9.17, 15) is 4.79 Å². The second kappa shape index (κ2) is 7.22. The highest BCUT2D eigenvalue weighted by atomic mass is 16.4. The lowest BCUT2D eigenvalue weighted by molar-refractivity contribution is 0.0697. The fourth-order valence-electron chi connectivity index (χ4n) is 2.56. The molecule has 1 aromatic carbocycles. The molecule has 0 radical (unpaired) electrons. The van der Waals surface area contributed by atoms with E-state index >= 15 is 0 Å². The Labute approximate surface area is 124 Å². The number of unbranched alkanes of at least 4 members (excludes halogenated alkanes) is 3. The monoisotopic (exact) mass is 290 g/mol. The van der Waals surface area contributed by atoms with Crippen molar-refractivity contribution < 1.29 is 15.0 Å². The molecule has 2 aromatic rings. The maximum Gasteiger partial charge on any atom is 0.335 e. The number of rotatable bonds is 8. The van der Waals surface area contributed by atoms with Gasteiger partial charge in [0.05, 0.1) is 16.6 Å². The Hall–Kier alpha value is -1.88. The third kappa shape index (κ3) is 3.61. The Morgan fingerprint density at radius 2 is 2.00 bits per heavy atom. The number of carbonyl (C=O) groups is 1. The molecule has 0 fully saturated rings. The van der Waals surface area contributed by atoms with Crippen molar-refractivity contribution in [3.05, 3.63) is 29.6 Å². The highest BCUT2D eigenvalue weighted by molar-refractivity contribution is 5.92. The van der Waals surface area contributed by atoms with Gasteiger partial charge in [-0.2, -0.15) is 0 Å². The van der Waals surface area contributed by atoms with Crippen LogP contribution in [-0.2, 0) is 13.0 Å². The van der Waals surface area contributed by atoms with Gasteiger partial charge in [0.2, 0.25) is 0 Å². The number of aromatic nitrogens is 2. The summed E-state index contributed by atoms with van der Waals surface area (Å²) in [5.41, 5.74) is 2.05. The van der Waals surface area contributed by atoms with Crippen LogP contribution in [0.3, 0.4) is 0 Å². The molecule has 21 heavy (non-hydrogen) atoms. The van der Waals surface area contributed by atoms with Crippen molar-refractivity contribution in [3.63, 3.8) is 0 Å². The molecule has 0 saturated carbocycles. The summed E-state index contributed by atoms with van der Waals surface area (Å²) in [6.07, 6.45) is 4.75. The van der Waals surface area contributed by atoms with Crippen LogP contribution in [0.5, 0.6) is 0 Å². The number of hydrogen-bond donors (Lipinski definition) is 2. The van der Waals surface area contributed by atoms with Crippen LogP contribution < -0.4 is 0 Å². The van der Waals surface area contributed by atoms with Crippen LogP contribution in [0.2, 0.25) is 0 Å². The Bertz CT molecular complexity index is 619. The second-order valence-electron chi connectivity index (χ2n) is 5.18. The molecule has 0 atom stereocenters. The molecule has 2 rings (SSSR count).